The highest BCUT2D eigenvalue weighted by atomic mass is 35.5. The van der Waals surface area contributed by atoms with Gasteiger partial charge in [-0.25, -0.2) is 9.97 Å². The van der Waals surface area contributed by atoms with E-state index in [0.717, 1.165) is 22.2 Å². The highest BCUT2D eigenvalue weighted by Gasteiger charge is 2.24. The fraction of sp³-hybridized carbons (Fsp3) is 0.143. The van der Waals surface area contributed by atoms with Gasteiger partial charge in [-0.1, -0.05) is 42.0 Å². The summed E-state index contributed by atoms with van der Waals surface area (Å²) in [5, 5.41) is 11.0. The van der Waals surface area contributed by atoms with Crippen LogP contribution in [0.4, 0.5) is 0 Å². The third-order valence-corrected chi connectivity index (χ3v) is 3.63. The summed E-state index contributed by atoms with van der Waals surface area (Å²) in [5.74, 6) is 0. The number of nitrogens with two attached hydrogens (primary N) is 1. The molecule has 0 bridgehead atoms. The van der Waals surface area contributed by atoms with E-state index in [1.807, 2.05) is 24.3 Å². The Labute approximate surface area is 115 Å². The van der Waals surface area contributed by atoms with E-state index in [4.69, 9.17) is 17.3 Å². The molecule has 0 amide bonds. The van der Waals surface area contributed by atoms with Gasteiger partial charge in [-0.05, 0) is 6.07 Å². The monoisotopic (exact) mass is 273 g/mol. The number of halogens is 1. The van der Waals surface area contributed by atoms with Gasteiger partial charge >= 0.3 is 0 Å². The van der Waals surface area contributed by atoms with E-state index in [9.17, 15) is 5.11 Å². The molecule has 2 atom stereocenters. The number of aromatic nitrogens is 2. The van der Waals surface area contributed by atoms with Crippen LogP contribution < -0.4 is 5.73 Å². The quantitative estimate of drug-likeness (QED) is 0.832. The second-order valence-corrected chi connectivity index (χ2v) is 4.78. The highest BCUT2D eigenvalue weighted by Crippen LogP contribution is 2.31. The molecule has 19 heavy (non-hydrogen) atoms. The molecular weight excluding hydrogens is 262 g/mol. The number of aliphatic hydroxyl groups excluding tert-OH is 1. The van der Waals surface area contributed by atoms with Crippen LogP contribution in [0.25, 0.3) is 16.5 Å². The number of hydrogen-bond acceptors (Lipinski definition) is 4. The van der Waals surface area contributed by atoms with Crippen LogP contribution in [-0.2, 0) is 0 Å². The zero-order chi connectivity index (χ0) is 13.4. The Morgan fingerprint density at radius 3 is 2.84 bits per heavy atom. The van der Waals surface area contributed by atoms with Crippen LogP contribution >= 0.6 is 11.6 Å². The van der Waals surface area contributed by atoms with E-state index in [1.165, 1.54) is 6.33 Å². The largest absolute Gasteiger partial charge is 0.387 e. The number of allylic oxidation sites excluding steroid dienone is 2. The maximum Gasteiger partial charge on any atom is 0.116 e. The molecule has 0 spiro atoms. The minimum Gasteiger partial charge on any atom is -0.387 e. The lowest BCUT2D eigenvalue weighted by Crippen LogP contribution is -2.35. The lowest BCUT2D eigenvalue weighted by molar-refractivity contribution is 0.206. The Balaban J connectivity index is 2.23. The van der Waals surface area contributed by atoms with Crippen molar-refractivity contribution in [3.05, 3.63) is 53.5 Å². The number of para-hydroxylation sites is 1. The van der Waals surface area contributed by atoms with Crippen LogP contribution in [0.15, 0.2) is 47.8 Å². The molecule has 96 valence electrons. The molecule has 4 nitrogen and oxygen atoms in total. The van der Waals surface area contributed by atoms with Crippen molar-refractivity contribution in [1.29, 1.82) is 0 Å². The summed E-state index contributed by atoms with van der Waals surface area (Å²) in [6, 6.07) is 7.07. The van der Waals surface area contributed by atoms with E-state index >= 15 is 0 Å². The highest BCUT2D eigenvalue weighted by molar-refractivity contribution is 6.34. The predicted molar refractivity (Wildman–Crippen MR) is 75.4 cm³/mol. The molecule has 3 rings (SSSR count). The molecule has 1 aromatic heterocycles. The van der Waals surface area contributed by atoms with Gasteiger partial charge in [0, 0.05) is 16.0 Å². The summed E-state index contributed by atoms with van der Waals surface area (Å²) in [6.07, 6.45) is 4.12. The van der Waals surface area contributed by atoms with Crippen molar-refractivity contribution in [3.63, 3.8) is 0 Å². The topological polar surface area (TPSA) is 72.0 Å². The Morgan fingerprint density at radius 2 is 2.00 bits per heavy atom. The van der Waals surface area contributed by atoms with Crippen molar-refractivity contribution >= 4 is 28.1 Å². The molecule has 0 fully saturated rings. The Morgan fingerprint density at radius 1 is 1.21 bits per heavy atom. The molecule has 5 heteroatoms. The smallest absolute Gasteiger partial charge is 0.116 e. The average Bonchev–Trinajstić information content (AvgIpc) is 2.45. The number of hydrogen-bond donors (Lipinski definition) is 2. The fourth-order valence-corrected chi connectivity index (χ4v) is 2.42. The number of fused-ring (bicyclic) bond motifs is 1. The van der Waals surface area contributed by atoms with Gasteiger partial charge in [0.15, 0.2) is 0 Å². The predicted octanol–water partition coefficient (Wildman–Crippen LogP) is 1.84. The van der Waals surface area contributed by atoms with Crippen LogP contribution in [-0.4, -0.2) is 27.2 Å². The first kappa shape index (κ1) is 12.3. The van der Waals surface area contributed by atoms with Crippen molar-refractivity contribution in [2.45, 2.75) is 12.1 Å². The molecule has 1 aromatic carbocycles. The molecular formula is C14H12ClN3O. The Bertz CT molecular complexity index is 691. The maximum absolute atomic E-state index is 9.66. The molecule has 2 unspecified atom stereocenters. The minimum atomic E-state index is -0.760. The van der Waals surface area contributed by atoms with Gasteiger partial charge < -0.3 is 10.8 Å². The van der Waals surface area contributed by atoms with Crippen LogP contribution in [0.2, 0.25) is 0 Å². The summed E-state index contributed by atoms with van der Waals surface area (Å²) < 4.78 is 0. The van der Waals surface area contributed by atoms with Gasteiger partial charge in [-0.2, -0.15) is 0 Å². The number of aliphatic hydroxyl groups is 1. The summed E-state index contributed by atoms with van der Waals surface area (Å²) in [6.45, 7) is 0. The Kier molecular flexibility index (Phi) is 3.06. The Hall–Kier alpha value is -1.75. The van der Waals surface area contributed by atoms with E-state index in [0.29, 0.717) is 5.03 Å². The van der Waals surface area contributed by atoms with Gasteiger partial charge in [0.25, 0.3) is 0 Å². The van der Waals surface area contributed by atoms with E-state index in [1.54, 1.807) is 12.2 Å². The first-order valence-corrected chi connectivity index (χ1v) is 6.28. The molecule has 0 saturated carbocycles. The van der Waals surface area contributed by atoms with E-state index in [2.05, 4.69) is 9.97 Å². The van der Waals surface area contributed by atoms with Crippen LogP contribution in [0, 0.1) is 0 Å². The van der Waals surface area contributed by atoms with Crippen molar-refractivity contribution in [2.75, 3.05) is 0 Å². The number of rotatable bonds is 1. The SMILES string of the molecule is NC1C(Cl)=C(c2ncnc3ccccc23)C=CC1O. The van der Waals surface area contributed by atoms with Crippen LogP contribution in [0.3, 0.4) is 0 Å². The van der Waals surface area contributed by atoms with Gasteiger partial charge in [-0.3, -0.25) is 0 Å². The van der Waals surface area contributed by atoms with E-state index < -0.39 is 12.1 Å². The van der Waals surface area contributed by atoms with E-state index in [-0.39, 0.29) is 0 Å². The minimum absolute atomic E-state index is 0.416. The molecule has 2 aromatic rings. The van der Waals surface area contributed by atoms with Crippen LogP contribution in [0.5, 0.6) is 0 Å². The van der Waals surface area contributed by atoms with Gasteiger partial charge in [0.2, 0.25) is 0 Å². The van der Waals surface area contributed by atoms with Gasteiger partial charge in [-0.15, -0.1) is 0 Å². The van der Waals surface area contributed by atoms with Gasteiger partial charge in [0.1, 0.15) is 6.33 Å². The first-order chi connectivity index (χ1) is 9.18. The second-order valence-electron chi connectivity index (χ2n) is 4.38. The summed E-state index contributed by atoms with van der Waals surface area (Å²) in [4.78, 5) is 8.51. The standard InChI is InChI=1S/C14H12ClN3O/c15-12-9(5-6-11(19)13(12)16)14-8-3-1-2-4-10(8)17-7-18-14/h1-7,11,13,19H,16H2. The summed E-state index contributed by atoms with van der Waals surface area (Å²) in [7, 11) is 0. The summed E-state index contributed by atoms with van der Waals surface area (Å²) in [5.41, 5.74) is 8.17. The lowest BCUT2D eigenvalue weighted by Gasteiger charge is -2.22. The fourth-order valence-electron chi connectivity index (χ4n) is 2.14. The molecule has 1 heterocycles. The third kappa shape index (κ3) is 2.04. The normalized spacial score (nSPS) is 23.1. The van der Waals surface area contributed by atoms with Crippen molar-refractivity contribution in [3.8, 4) is 0 Å². The average molecular weight is 274 g/mol. The molecule has 0 saturated heterocycles. The zero-order valence-corrected chi connectivity index (χ0v) is 10.7. The molecule has 3 N–H and O–H groups in total. The molecule has 0 radical (unpaired) electrons. The molecule has 1 aliphatic carbocycles. The number of nitrogens with zero attached hydrogens (tertiary/aromatic N) is 2. The zero-order valence-electron chi connectivity index (χ0n) is 9.99. The third-order valence-electron chi connectivity index (χ3n) is 3.18. The molecule has 1 aliphatic rings. The summed E-state index contributed by atoms with van der Waals surface area (Å²) >= 11 is 6.25. The van der Waals surface area contributed by atoms with Crippen molar-refractivity contribution in [2.24, 2.45) is 5.73 Å². The van der Waals surface area contributed by atoms with Crippen molar-refractivity contribution in [1.82, 2.24) is 9.97 Å². The van der Waals surface area contributed by atoms with Crippen molar-refractivity contribution < 1.29 is 5.11 Å². The van der Waals surface area contributed by atoms with Crippen LogP contribution in [0.1, 0.15) is 5.69 Å². The molecule has 0 aliphatic heterocycles. The van der Waals surface area contributed by atoms with Gasteiger partial charge in [0.05, 0.1) is 23.4 Å². The first-order valence-electron chi connectivity index (χ1n) is 5.90. The second kappa shape index (κ2) is 4.74. The number of benzene rings is 1. The lowest BCUT2D eigenvalue weighted by atomic mass is 9.96. The maximum atomic E-state index is 9.66.